The molecule has 0 aliphatic carbocycles. The first kappa shape index (κ1) is 29.2. The molecule has 0 amide bonds. The third-order valence-corrected chi connectivity index (χ3v) is 12.2. The molecule has 1 atom stereocenters. The zero-order valence-electron chi connectivity index (χ0n) is 23.2. The molecule has 0 saturated carbocycles. The van der Waals surface area contributed by atoms with Crippen LogP contribution in [0.2, 0.25) is 10.0 Å². The van der Waals surface area contributed by atoms with Gasteiger partial charge in [-0.25, -0.2) is 0 Å². The highest BCUT2D eigenvalue weighted by Crippen LogP contribution is 2.70. The van der Waals surface area contributed by atoms with Crippen molar-refractivity contribution in [3.8, 4) is 0 Å². The molecule has 6 aromatic carbocycles. The minimum atomic E-state index is -4.03. The van der Waals surface area contributed by atoms with E-state index in [2.05, 4.69) is 0 Å². The van der Waals surface area contributed by atoms with E-state index in [-0.39, 0.29) is 0 Å². The Balaban J connectivity index is 1.90. The molecule has 0 saturated heterocycles. The van der Waals surface area contributed by atoms with Gasteiger partial charge < -0.3 is 9.67 Å². The molecule has 1 unspecified atom stereocenters. The minimum Gasteiger partial charge on any atom is -0.375 e. The molecule has 5 heteroatoms. The third kappa shape index (κ3) is 4.76. The van der Waals surface area contributed by atoms with Crippen LogP contribution in [0.15, 0.2) is 170 Å². The second-order valence-corrected chi connectivity index (χ2v) is 14.2. The van der Waals surface area contributed by atoms with E-state index >= 15 is 4.57 Å². The van der Waals surface area contributed by atoms with E-state index in [1.165, 1.54) is 0 Å². The topological polar surface area (TPSA) is 37.3 Å². The Hall–Kier alpha value is -3.91. The van der Waals surface area contributed by atoms with Crippen molar-refractivity contribution in [2.24, 2.45) is 0 Å². The molecule has 6 rings (SSSR count). The van der Waals surface area contributed by atoms with Crippen molar-refractivity contribution in [2.45, 2.75) is 10.8 Å². The van der Waals surface area contributed by atoms with Gasteiger partial charge in [-0.05, 0) is 46.5 Å². The van der Waals surface area contributed by atoms with Crippen molar-refractivity contribution in [1.29, 1.82) is 0 Å². The zero-order valence-corrected chi connectivity index (χ0v) is 25.6. The summed E-state index contributed by atoms with van der Waals surface area (Å²) in [5.74, 6) is 0. The molecule has 212 valence electrons. The SMILES string of the molecule is O=P(c1ccccc1)(c1ccccc1)C(O)(c1ccc(Cl)cc1)C(c1ccccc1)(c1ccccc1)c1ccc(Cl)cc1. The van der Waals surface area contributed by atoms with Gasteiger partial charge in [0.2, 0.25) is 0 Å². The quantitative estimate of drug-likeness (QED) is 0.136. The normalized spacial score (nSPS) is 13.3. The molecule has 0 aliphatic rings. The molecule has 0 heterocycles. The number of hydrogen-bond acceptors (Lipinski definition) is 2. The van der Waals surface area contributed by atoms with E-state index in [0.717, 1.165) is 16.7 Å². The van der Waals surface area contributed by atoms with Gasteiger partial charge >= 0.3 is 0 Å². The van der Waals surface area contributed by atoms with Crippen LogP contribution >= 0.6 is 30.3 Å². The van der Waals surface area contributed by atoms with E-state index in [1.54, 1.807) is 24.3 Å². The van der Waals surface area contributed by atoms with Gasteiger partial charge in [-0.1, -0.05) is 169 Å². The predicted octanol–water partition coefficient (Wildman–Crippen LogP) is 9.19. The fourth-order valence-electron chi connectivity index (χ4n) is 6.30. The van der Waals surface area contributed by atoms with Gasteiger partial charge in [0, 0.05) is 20.7 Å². The first-order valence-corrected chi connectivity index (χ1v) is 16.5. The average Bonchev–Trinajstić information content (AvgIpc) is 3.07. The monoisotopic (exact) mass is 618 g/mol. The van der Waals surface area contributed by atoms with E-state index < -0.39 is 17.9 Å². The van der Waals surface area contributed by atoms with Gasteiger partial charge in [-0.2, -0.15) is 0 Å². The molecular formula is C38H29Cl2O2P. The number of hydrogen-bond donors (Lipinski definition) is 1. The summed E-state index contributed by atoms with van der Waals surface area (Å²) in [5, 5.41) is 14.3. The van der Waals surface area contributed by atoms with Gasteiger partial charge in [0.25, 0.3) is 0 Å². The van der Waals surface area contributed by atoms with Crippen molar-refractivity contribution in [3.63, 3.8) is 0 Å². The Morgan fingerprint density at radius 3 is 1.09 bits per heavy atom. The van der Waals surface area contributed by atoms with Crippen molar-refractivity contribution >= 4 is 41.0 Å². The summed E-state index contributed by atoms with van der Waals surface area (Å²) in [6.45, 7) is 0. The lowest BCUT2D eigenvalue weighted by Gasteiger charge is -2.52. The van der Waals surface area contributed by atoms with Crippen LogP contribution in [-0.4, -0.2) is 5.11 Å². The molecule has 0 spiro atoms. The van der Waals surface area contributed by atoms with Crippen molar-refractivity contribution in [2.75, 3.05) is 0 Å². The Kier molecular flexibility index (Phi) is 8.14. The molecule has 1 N–H and O–H groups in total. The fraction of sp³-hybridized carbons (Fsp3) is 0.0526. The van der Waals surface area contributed by atoms with Crippen molar-refractivity contribution < 1.29 is 9.67 Å². The Labute approximate surface area is 262 Å². The summed E-state index contributed by atoms with van der Waals surface area (Å²) in [4.78, 5) is 0. The molecule has 0 aliphatic heterocycles. The molecule has 43 heavy (non-hydrogen) atoms. The van der Waals surface area contributed by atoms with Crippen LogP contribution in [0, 0.1) is 0 Å². The van der Waals surface area contributed by atoms with Crippen LogP contribution in [0.4, 0.5) is 0 Å². The third-order valence-electron chi connectivity index (χ3n) is 8.16. The number of benzene rings is 6. The van der Waals surface area contributed by atoms with E-state index in [1.807, 2.05) is 146 Å². The number of aliphatic hydroxyl groups is 1. The first-order valence-electron chi connectivity index (χ1n) is 14.0. The highest BCUT2D eigenvalue weighted by molar-refractivity contribution is 7.79. The van der Waals surface area contributed by atoms with E-state index in [9.17, 15) is 5.11 Å². The second kappa shape index (κ2) is 12.0. The van der Waals surface area contributed by atoms with E-state index in [0.29, 0.717) is 26.2 Å². The van der Waals surface area contributed by atoms with Crippen molar-refractivity contribution in [1.82, 2.24) is 0 Å². The Morgan fingerprint density at radius 2 is 0.721 bits per heavy atom. The highest BCUT2D eigenvalue weighted by Gasteiger charge is 2.65. The van der Waals surface area contributed by atoms with Gasteiger partial charge in [-0.3, -0.25) is 0 Å². The summed E-state index contributed by atoms with van der Waals surface area (Å²) in [6, 6.07) is 52.8. The molecule has 0 bridgehead atoms. The summed E-state index contributed by atoms with van der Waals surface area (Å²) < 4.78 is 16.6. The van der Waals surface area contributed by atoms with Crippen molar-refractivity contribution in [3.05, 3.63) is 202 Å². The van der Waals surface area contributed by atoms with Crippen LogP contribution in [0.5, 0.6) is 0 Å². The van der Waals surface area contributed by atoms with Crippen LogP contribution in [0.25, 0.3) is 0 Å². The number of rotatable bonds is 8. The van der Waals surface area contributed by atoms with Gasteiger partial charge in [0.1, 0.15) is 0 Å². The summed E-state index contributed by atoms with van der Waals surface area (Å²) in [6.07, 6.45) is 0. The molecular weight excluding hydrogens is 590 g/mol. The van der Waals surface area contributed by atoms with Crippen LogP contribution in [0.3, 0.4) is 0 Å². The molecule has 2 nitrogen and oxygen atoms in total. The second-order valence-electron chi connectivity index (χ2n) is 10.4. The maximum atomic E-state index is 16.6. The Morgan fingerprint density at radius 1 is 0.419 bits per heavy atom. The molecule has 0 aromatic heterocycles. The van der Waals surface area contributed by atoms with Crippen LogP contribution < -0.4 is 10.6 Å². The number of halogens is 2. The molecule has 6 aromatic rings. The molecule has 0 radical (unpaired) electrons. The largest absolute Gasteiger partial charge is 0.375 e. The lowest BCUT2D eigenvalue weighted by molar-refractivity contribution is 0.0708. The minimum absolute atomic E-state index is 0.468. The Bertz CT molecular complexity index is 1760. The fourth-order valence-corrected chi connectivity index (χ4v) is 10.1. The van der Waals surface area contributed by atoms with Crippen LogP contribution in [0.1, 0.15) is 22.3 Å². The maximum absolute atomic E-state index is 16.6. The summed E-state index contributed by atoms with van der Waals surface area (Å²) >= 11 is 12.9. The van der Waals surface area contributed by atoms with Gasteiger partial charge in [0.05, 0.1) is 5.41 Å². The maximum Gasteiger partial charge on any atom is 0.179 e. The smallest absolute Gasteiger partial charge is 0.179 e. The van der Waals surface area contributed by atoms with E-state index in [4.69, 9.17) is 23.2 Å². The molecule has 0 fully saturated rings. The predicted molar refractivity (Wildman–Crippen MR) is 179 cm³/mol. The van der Waals surface area contributed by atoms with Gasteiger partial charge in [0.15, 0.2) is 12.5 Å². The summed E-state index contributed by atoms with van der Waals surface area (Å²) in [7, 11) is -4.03. The lowest BCUT2D eigenvalue weighted by atomic mass is 9.63. The standard InChI is InChI=1S/C38H29Cl2O2P/c39-33-25-21-31(22-26-33)37(29-13-5-1-6-14-29,30-15-7-2-8-16-30)38(41,32-23-27-34(40)28-24-32)43(42,35-17-9-3-10-18-35)36-19-11-4-12-20-36/h1-28,41H. The average molecular weight is 620 g/mol. The van der Waals surface area contributed by atoms with Crippen LogP contribution in [-0.2, 0) is 15.3 Å². The highest BCUT2D eigenvalue weighted by atomic mass is 35.5. The lowest BCUT2D eigenvalue weighted by Crippen LogP contribution is -2.54. The van der Waals surface area contributed by atoms with Gasteiger partial charge in [-0.15, -0.1) is 0 Å². The zero-order chi connectivity index (χ0) is 29.9. The summed E-state index contributed by atoms with van der Waals surface area (Å²) in [5.41, 5.74) is 1.35. The first-order chi connectivity index (χ1) is 20.9.